The highest BCUT2D eigenvalue weighted by Crippen LogP contribution is 2.35. The van der Waals surface area contributed by atoms with E-state index in [0.29, 0.717) is 16.9 Å². The smallest absolute Gasteiger partial charge is 0.255 e. The van der Waals surface area contributed by atoms with Gasteiger partial charge in [0.25, 0.3) is 11.8 Å². The summed E-state index contributed by atoms with van der Waals surface area (Å²) in [6, 6.07) is 15.8. The number of hydrogen-bond acceptors (Lipinski definition) is 5. The van der Waals surface area contributed by atoms with E-state index < -0.39 is 23.2 Å². The highest BCUT2D eigenvalue weighted by atomic mass is 16.3. The van der Waals surface area contributed by atoms with Gasteiger partial charge in [0, 0.05) is 22.5 Å². The molecule has 2 amide bonds. The van der Waals surface area contributed by atoms with Crippen molar-refractivity contribution in [1.29, 1.82) is 0 Å². The fourth-order valence-corrected chi connectivity index (χ4v) is 2.60. The lowest BCUT2D eigenvalue weighted by molar-refractivity contribution is 0.101. The molecule has 0 fully saturated rings. The van der Waals surface area contributed by atoms with E-state index in [4.69, 9.17) is 0 Å². The van der Waals surface area contributed by atoms with Crippen LogP contribution in [0.4, 0.5) is 11.4 Å². The Morgan fingerprint density at radius 2 is 1.25 bits per heavy atom. The van der Waals surface area contributed by atoms with Gasteiger partial charge in [-0.3, -0.25) is 9.59 Å². The number of phenolic OH excluding ortho intramolecular Hbond substituents is 3. The lowest BCUT2D eigenvalue weighted by Gasteiger charge is -2.10. The molecular formula is C21H18N2O5. The van der Waals surface area contributed by atoms with E-state index in [1.165, 1.54) is 0 Å². The van der Waals surface area contributed by atoms with Crippen LogP contribution in [0.25, 0.3) is 0 Å². The zero-order chi connectivity index (χ0) is 20.3. The van der Waals surface area contributed by atoms with E-state index in [2.05, 4.69) is 10.6 Å². The highest BCUT2D eigenvalue weighted by molar-refractivity contribution is 6.06. The topological polar surface area (TPSA) is 119 Å². The predicted octanol–water partition coefficient (Wildman–Crippen LogP) is 3.62. The van der Waals surface area contributed by atoms with E-state index in [1.807, 2.05) is 19.1 Å². The van der Waals surface area contributed by atoms with E-state index in [1.54, 1.807) is 36.4 Å². The first-order valence-electron chi connectivity index (χ1n) is 8.38. The fraction of sp³-hybridized carbons (Fsp3) is 0.0476. The molecule has 5 N–H and O–H groups in total. The van der Waals surface area contributed by atoms with Gasteiger partial charge in [-0.15, -0.1) is 0 Å². The van der Waals surface area contributed by atoms with E-state index >= 15 is 0 Å². The summed E-state index contributed by atoms with van der Waals surface area (Å²) >= 11 is 0. The number of nitrogens with one attached hydrogen (secondary N) is 2. The molecule has 28 heavy (non-hydrogen) atoms. The molecule has 0 radical (unpaired) electrons. The summed E-state index contributed by atoms with van der Waals surface area (Å²) in [6.07, 6.45) is 0. The maximum absolute atomic E-state index is 12.3. The van der Waals surface area contributed by atoms with Crippen molar-refractivity contribution in [3.05, 3.63) is 77.4 Å². The molecule has 0 aromatic heterocycles. The molecular weight excluding hydrogens is 360 g/mol. The van der Waals surface area contributed by atoms with Gasteiger partial charge in [0.1, 0.15) is 0 Å². The van der Waals surface area contributed by atoms with Crippen molar-refractivity contribution >= 4 is 23.2 Å². The molecule has 0 aliphatic rings. The van der Waals surface area contributed by atoms with Gasteiger partial charge in [-0.25, -0.2) is 0 Å². The number of carbonyl (C=O) groups excluding carboxylic acids is 2. The average molecular weight is 378 g/mol. The van der Waals surface area contributed by atoms with Gasteiger partial charge >= 0.3 is 0 Å². The van der Waals surface area contributed by atoms with Gasteiger partial charge < -0.3 is 26.0 Å². The number of amides is 2. The molecule has 3 aromatic carbocycles. The maximum Gasteiger partial charge on any atom is 0.255 e. The van der Waals surface area contributed by atoms with Gasteiger partial charge in [-0.2, -0.15) is 0 Å². The molecule has 0 saturated heterocycles. The summed E-state index contributed by atoms with van der Waals surface area (Å²) in [4.78, 5) is 24.6. The monoisotopic (exact) mass is 378 g/mol. The van der Waals surface area contributed by atoms with Crippen LogP contribution in [0, 0.1) is 6.92 Å². The van der Waals surface area contributed by atoms with Crippen molar-refractivity contribution in [3.8, 4) is 17.2 Å². The Morgan fingerprint density at radius 3 is 1.79 bits per heavy atom. The molecule has 3 aromatic rings. The van der Waals surface area contributed by atoms with Crippen LogP contribution >= 0.6 is 0 Å². The molecule has 0 unspecified atom stereocenters. The summed E-state index contributed by atoms with van der Waals surface area (Å²) in [6.45, 7) is 1.85. The Labute approximate surface area is 160 Å². The minimum atomic E-state index is -0.690. The SMILES string of the molecule is Cc1ccccc1C(=O)Nc1ccc(NC(=O)c2cc(O)c(O)c(O)c2)cc1. The second kappa shape index (κ2) is 7.71. The standard InChI is InChI=1S/C21H18N2O5/c1-12-4-2-3-5-16(12)21(28)23-15-8-6-14(7-9-15)22-20(27)13-10-17(24)19(26)18(25)11-13/h2-11,24-26H,1H3,(H,22,27)(H,23,28). The number of hydrogen-bond donors (Lipinski definition) is 5. The molecule has 3 rings (SSSR count). The van der Waals surface area contributed by atoms with Gasteiger partial charge in [0.15, 0.2) is 17.2 Å². The van der Waals surface area contributed by atoms with Crippen molar-refractivity contribution in [2.45, 2.75) is 6.92 Å². The summed E-state index contributed by atoms with van der Waals surface area (Å²) in [5, 5.41) is 33.7. The number of benzene rings is 3. The van der Waals surface area contributed by atoms with Crippen LogP contribution in [-0.2, 0) is 0 Å². The number of rotatable bonds is 4. The number of carbonyl (C=O) groups is 2. The Hall–Kier alpha value is -4.00. The largest absolute Gasteiger partial charge is 0.504 e. The van der Waals surface area contributed by atoms with Crippen LogP contribution in [0.3, 0.4) is 0 Å². The molecule has 0 heterocycles. The van der Waals surface area contributed by atoms with Crippen molar-refractivity contribution < 1.29 is 24.9 Å². The van der Waals surface area contributed by atoms with Gasteiger partial charge in [-0.1, -0.05) is 18.2 Å². The van der Waals surface area contributed by atoms with Gasteiger partial charge in [0.05, 0.1) is 0 Å². The van der Waals surface area contributed by atoms with Crippen molar-refractivity contribution in [1.82, 2.24) is 0 Å². The number of anilines is 2. The third kappa shape index (κ3) is 4.04. The second-order valence-electron chi connectivity index (χ2n) is 6.16. The quantitative estimate of drug-likeness (QED) is 0.444. The third-order valence-electron chi connectivity index (χ3n) is 4.12. The Bertz CT molecular complexity index is 1020. The lowest BCUT2D eigenvalue weighted by Crippen LogP contribution is -2.14. The van der Waals surface area contributed by atoms with Crippen molar-refractivity contribution in [3.63, 3.8) is 0 Å². The molecule has 0 saturated carbocycles. The molecule has 0 aliphatic heterocycles. The van der Waals surface area contributed by atoms with Gasteiger partial charge in [0.2, 0.25) is 0 Å². The molecule has 0 spiro atoms. The zero-order valence-electron chi connectivity index (χ0n) is 14.9. The minimum absolute atomic E-state index is 0.0234. The van der Waals surface area contributed by atoms with Crippen LogP contribution in [0.2, 0.25) is 0 Å². The van der Waals surface area contributed by atoms with Crippen molar-refractivity contribution in [2.75, 3.05) is 10.6 Å². The highest BCUT2D eigenvalue weighted by Gasteiger charge is 2.14. The second-order valence-corrected chi connectivity index (χ2v) is 6.16. The normalized spacial score (nSPS) is 10.3. The number of aromatic hydroxyl groups is 3. The summed E-state index contributed by atoms with van der Waals surface area (Å²) in [5.74, 6) is -2.70. The number of phenols is 3. The Balaban J connectivity index is 1.68. The van der Waals surface area contributed by atoms with Crippen LogP contribution in [0.5, 0.6) is 17.2 Å². The first-order chi connectivity index (χ1) is 13.3. The predicted molar refractivity (Wildman–Crippen MR) is 105 cm³/mol. The van der Waals surface area contributed by atoms with Crippen molar-refractivity contribution in [2.24, 2.45) is 0 Å². The van der Waals surface area contributed by atoms with Crippen LogP contribution in [0.15, 0.2) is 60.7 Å². The summed E-state index contributed by atoms with van der Waals surface area (Å²) in [5.41, 5.74) is 2.43. The summed E-state index contributed by atoms with van der Waals surface area (Å²) in [7, 11) is 0. The molecule has 142 valence electrons. The fourth-order valence-electron chi connectivity index (χ4n) is 2.60. The molecule has 0 atom stereocenters. The van der Waals surface area contributed by atoms with E-state index in [-0.39, 0.29) is 11.5 Å². The Kier molecular flexibility index (Phi) is 5.17. The maximum atomic E-state index is 12.3. The summed E-state index contributed by atoms with van der Waals surface area (Å²) < 4.78 is 0. The van der Waals surface area contributed by atoms with E-state index in [9.17, 15) is 24.9 Å². The van der Waals surface area contributed by atoms with Crippen LogP contribution in [-0.4, -0.2) is 27.1 Å². The minimum Gasteiger partial charge on any atom is -0.504 e. The van der Waals surface area contributed by atoms with E-state index in [0.717, 1.165) is 17.7 Å². The molecule has 0 bridgehead atoms. The zero-order valence-corrected chi connectivity index (χ0v) is 14.9. The molecule has 7 nitrogen and oxygen atoms in total. The average Bonchev–Trinajstić information content (AvgIpc) is 2.67. The third-order valence-corrected chi connectivity index (χ3v) is 4.12. The Morgan fingerprint density at radius 1 is 0.750 bits per heavy atom. The lowest BCUT2D eigenvalue weighted by atomic mass is 10.1. The van der Waals surface area contributed by atoms with Crippen LogP contribution in [0.1, 0.15) is 26.3 Å². The first-order valence-corrected chi connectivity index (χ1v) is 8.38. The molecule has 0 aliphatic carbocycles. The number of aryl methyl sites for hydroxylation is 1. The molecule has 7 heteroatoms. The first kappa shape index (κ1) is 18.8. The van der Waals surface area contributed by atoms with Crippen LogP contribution < -0.4 is 10.6 Å². The van der Waals surface area contributed by atoms with Gasteiger partial charge in [-0.05, 0) is 55.0 Å².